The quantitative estimate of drug-likeness (QED) is 0.843. The summed E-state index contributed by atoms with van der Waals surface area (Å²) in [6, 6.07) is 6.82. The fraction of sp³-hybridized carbons (Fsp3) is 0.176. The molecule has 0 unspecified atom stereocenters. The van der Waals surface area contributed by atoms with Gasteiger partial charge in [0.25, 0.3) is 5.91 Å². The van der Waals surface area contributed by atoms with Gasteiger partial charge in [0.2, 0.25) is 5.91 Å². The lowest BCUT2D eigenvalue weighted by atomic mass is 10.1. The first-order valence-electron chi connectivity index (χ1n) is 7.08. The van der Waals surface area contributed by atoms with Gasteiger partial charge in [0.1, 0.15) is 0 Å². The summed E-state index contributed by atoms with van der Waals surface area (Å²) in [5.41, 5.74) is 1.65. The number of hydrogen-bond acceptors (Lipinski definition) is 2. The van der Waals surface area contributed by atoms with E-state index in [9.17, 15) is 22.8 Å². The topological polar surface area (TPSA) is 58.2 Å². The molecule has 0 aliphatic heterocycles. The number of carbonyl (C=O) groups excluding carboxylic acids is 2. The van der Waals surface area contributed by atoms with Crippen LogP contribution in [0.2, 0.25) is 0 Å². The zero-order valence-electron chi connectivity index (χ0n) is 13.0. The maximum Gasteiger partial charge on any atom is 0.251 e. The second kappa shape index (κ2) is 7.16. The van der Waals surface area contributed by atoms with Gasteiger partial charge >= 0.3 is 0 Å². The molecule has 0 fully saturated rings. The largest absolute Gasteiger partial charge is 0.343 e. The predicted octanol–water partition coefficient (Wildman–Crippen LogP) is 3.09. The van der Waals surface area contributed by atoms with E-state index in [4.69, 9.17) is 0 Å². The van der Waals surface area contributed by atoms with Crippen molar-refractivity contribution in [1.82, 2.24) is 5.32 Å². The van der Waals surface area contributed by atoms with Crippen LogP contribution in [0.4, 0.5) is 18.9 Å². The second-order valence-corrected chi connectivity index (χ2v) is 5.27. The Labute approximate surface area is 136 Å². The molecule has 2 aromatic rings. The lowest BCUT2D eigenvalue weighted by Crippen LogP contribution is -2.33. The van der Waals surface area contributed by atoms with Crippen molar-refractivity contribution in [2.75, 3.05) is 11.9 Å². The van der Waals surface area contributed by atoms with E-state index in [0.29, 0.717) is 11.6 Å². The first-order valence-corrected chi connectivity index (χ1v) is 7.08. The minimum Gasteiger partial charge on any atom is -0.343 e. The Balaban J connectivity index is 1.98. The molecule has 0 saturated heterocycles. The lowest BCUT2D eigenvalue weighted by Gasteiger charge is -2.10. The number of halogens is 3. The fourth-order valence-electron chi connectivity index (χ4n) is 2.14. The third-order valence-corrected chi connectivity index (χ3v) is 3.35. The number of rotatable bonds is 4. The first-order chi connectivity index (χ1) is 11.3. The molecule has 0 aromatic heterocycles. The van der Waals surface area contributed by atoms with Crippen LogP contribution in [0.15, 0.2) is 30.3 Å². The molecule has 2 amide bonds. The monoisotopic (exact) mass is 336 g/mol. The zero-order valence-corrected chi connectivity index (χ0v) is 13.0. The molecule has 7 heteroatoms. The van der Waals surface area contributed by atoms with Gasteiger partial charge in [0.05, 0.1) is 12.2 Å². The van der Waals surface area contributed by atoms with Gasteiger partial charge in [-0.15, -0.1) is 0 Å². The van der Waals surface area contributed by atoms with Gasteiger partial charge in [0.15, 0.2) is 17.5 Å². The molecule has 0 saturated carbocycles. The van der Waals surface area contributed by atoms with Crippen LogP contribution in [0.1, 0.15) is 21.5 Å². The maximum absolute atomic E-state index is 13.5. The summed E-state index contributed by atoms with van der Waals surface area (Å²) in [5, 5.41) is 4.46. The van der Waals surface area contributed by atoms with Crippen molar-refractivity contribution in [3.63, 3.8) is 0 Å². The lowest BCUT2D eigenvalue weighted by molar-refractivity contribution is -0.115. The van der Waals surface area contributed by atoms with E-state index in [1.54, 1.807) is 19.1 Å². The van der Waals surface area contributed by atoms with Gasteiger partial charge in [-0.3, -0.25) is 9.59 Å². The van der Waals surface area contributed by atoms with Gasteiger partial charge in [-0.1, -0.05) is 17.7 Å². The highest BCUT2D eigenvalue weighted by Crippen LogP contribution is 2.19. The van der Waals surface area contributed by atoms with E-state index in [1.807, 2.05) is 13.0 Å². The van der Waals surface area contributed by atoms with Crippen molar-refractivity contribution >= 4 is 17.5 Å². The maximum atomic E-state index is 13.5. The van der Waals surface area contributed by atoms with E-state index in [2.05, 4.69) is 10.6 Å². The first kappa shape index (κ1) is 17.5. The minimum absolute atomic E-state index is 0.410. The highest BCUT2D eigenvalue weighted by atomic mass is 19.2. The van der Waals surface area contributed by atoms with E-state index in [1.165, 1.54) is 0 Å². The van der Waals surface area contributed by atoms with E-state index < -0.39 is 41.5 Å². The molecule has 0 atom stereocenters. The molecule has 2 N–H and O–H groups in total. The van der Waals surface area contributed by atoms with Crippen LogP contribution in [0.25, 0.3) is 0 Å². The van der Waals surface area contributed by atoms with E-state index >= 15 is 0 Å². The molecular formula is C17H15F3N2O2. The molecule has 2 rings (SSSR count). The molecule has 0 radical (unpaired) electrons. The van der Waals surface area contributed by atoms with Crippen molar-refractivity contribution in [1.29, 1.82) is 0 Å². The molecule has 0 aliphatic rings. The standard InChI is InChI=1S/C17H15F3N2O2/c1-9-3-4-11(10(2)7-9)17(24)21-8-14(23)22-13-6-5-12(18)15(19)16(13)20/h3-7H,8H2,1-2H3,(H,21,24)(H,22,23). The SMILES string of the molecule is Cc1ccc(C(=O)NCC(=O)Nc2ccc(F)c(F)c2F)c(C)c1. The number of amides is 2. The highest BCUT2D eigenvalue weighted by molar-refractivity contribution is 6.00. The second-order valence-electron chi connectivity index (χ2n) is 5.27. The van der Waals surface area contributed by atoms with E-state index in [0.717, 1.165) is 17.2 Å². The molecule has 0 aliphatic carbocycles. The van der Waals surface area contributed by atoms with Gasteiger partial charge in [0, 0.05) is 5.56 Å². The van der Waals surface area contributed by atoms with Gasteiger partial charge in [-0.05, 0) is 37.6 Å². The average molecular weight is 336 g/mol. The van der Waals surface area contributed by atoms with E-state index in [-0.39, 0.29) is 0 Å². The molecule has 2 aromatic carbocycles. The summed E-state index contributed by atoms with van der Waals surface area (Å²) in [4.78, 5) is 23.8. The van der Waals surface area contributed by atoms with Gasteiger partial charge in [-0.25, -0.2) is 13.2 Å². The van der Waals surface area contributed by atoms with Crippen LogP contribution >= 0.6 is 0 Å². The van der Waals surface area contributed by atoms with Crippen LogP contribution in [0, 0.1) is 31.3 Å². The highest BCUT2D eigenvalue weighted by Gasteiger charge is 2.16. The molecule has 24 heavy (non-hydrogen) atoms. The van der Waals surface area contributed by atoms with Gasteiger partial charge in [-0.2, -0.15) is 0 Å². The molecular weight excluding hydrogens is 321 g/mol. The third-order valence-electron chi connectivity index (χ3n) is 3.35. The fourth-order valence-corrected chi connectivity index (χ4v) is 2.14. The van der Waals surface area contributed by atoms with Crippen LogP contribution < -0.4 is 10.6 Å². The number of nitrogens with one attached hydrogen (secondary N) is 2. The zero-order chi connectivity index (χ0) is 17.9. The minimum atomic E-state index is -1.67. The Bertz CT molecular complexity index is 807. The van der Waals surface area contributed by atoms with Crippen molar-refractivity contribution in [2.45, 2.75) is 13.8 Å². The Kier molecular flexibility index (Phi) is 5.23. The molecule has 0 bridgehead atoms. The normalized spacial score (nSPS) is 10.4. The summed E-state index contributed by atoms with van der Waals surface area (Å²) in [6.07, 6.45) is 0. The summed E-state index contributed by atoms with van der Waals surface area (Å²) in [5.74, 6) is -5.75. The Morgan fingerprint density at radius 1 is 1.00 bits per heavy atom. The summed E-state index contributed by atoms with van der Waals surface area (Å²) >= 11 is 0. The Morgan fingerprint density at radius 3 is 2.38 bits per heavy atom. The average Bonchev–Trinajstić information content (AvgIpc) is 2.53. The number of aryl methyl sites for hydroxylation is 2. The third kappa shape index (κ3) is 3.92. The van der Waals surface area contributed by atoms with Crippen LogP contribution in [0.5, 0.6) is 0 Å². The number of benzene rings is 2. The molecule has 0 heterocycles. The van der Waals surface area contributed by atoms with Crippen molar-refractivity contribution < 1.29 is 22.8 Å². The number of hydrogen-bond donors (Lipinski definition) is 2. The molecule has 4 nitrogen and oxygen atoms in total. The predicted molar refractivity (Wildman–Crippen MR) is 83.2 cm³/mol. The molecule has 126 valence electrons. The van der Waals surface area contributed by atoms with Crippen LogP contribution in [-0.2, 0) is 4.79 Å². The number of carbonyl (C=O) groups is 2. The summed E-state index contributed by atoms with van der Waals surface area (Å²) in [6.45, 7) is 3.21. The number of anilines is 1. The van der Waals surface area contributed by atoms with Crippen molar-refractivity contribution in [3.05, 3.63) is 64.5 Å². The van der Waals surface area contributed by atoms with Crippen molar-refractivity contribution in [3.8, 4) is 0 Å². The van der Waals surface area contributed by atoms with Crippen LogP contribution in [0.3, 0.4) is 0 Å². The Morgan fingerprint density at radius 2 is 1.71 bits per heavy atom. The van der Waals surface area contributed by atoms with Crippen molar-refractivity contribution in [2.24, 2.45) is 0 Å². The van der Waals surface area contributed by atoms with Crippen LogP contribution in [-0.4, -0.2) is 18.4 Å². The smallest absolute Gasteiger partial charge is 0.251 e. The summed E-state index contributed by atoms with van der Waals surface area (Å²) in [7, 11) is 0. The summed E-state index contributed by atoms with van der Waals surface area (Å²) < 4.78 is 39.4. The molecule has 0 spiro atoms. The Hall–Kier alpha value is -2.83. The van der Waals surface area contributed by atoms with Gasteiger partial charge < -0.3 is 10.6 Å².